The van der Waals surface area contributed by atoms with Crippen molar-refractivity contribution in [1.29, 1.82) is 0 Å². The van der Waals surface area contributed by atoms with Crippen LogP contribution in [0.2, 0.25) is 0 Å². The van der Waals surface area contributed by atoms with Crippen LogP contribution >= 0.6 is 0 Å². The topological polar surface area (TPSA) is 39.1 Å². The van der Waals surface area contributed by atoms with Gasteiger partial charge in [-0.2, -0.15) is 5.10 Å². The number of nitrogens with one attached hydrogen (secondary N) is 1. The quantitative estimate of drug-likeness (QED) is 0.769. The summed E-state index contributed by atoms with van der Waals surface area (Å²) in [6.45, 7) is 9.00. The number of methoxy groups -OCH3 is 1. The first-order valence-corrected chi connectivity index (χ1v) is 5.85. The lowest BCUT2D eigenvalue weighted by molar-refractivity contribution is 0.0113. The van der Waals surface area contributed by atoms with E-state index in [1.165, 1.54) is 0 Å². The Kier molecular flexibility index (Phi) is 4.96. The maximum Gasteiger partial charge on any atom is 0.0762 e. The van der Waals surface area contributed by atoms with E-state index in [1.54, 1.807) is 7.11 Å². The zero-order valence-electron chi connectivity index (χ0n) is 10.8. The van der Waals surface area contributed by atoms with Crippen LogP contribution in [0.4, 0.5) is 0 Å². The molecule has 0 atom stereocenters. The van der Waals surface area contributed by atoms with Crippen molar-refractivity contribution in [2.75, 3.05) is 13.7 Å². The van der Waals surface area contributed by atoms with Gasteiger partial charge in [0.05, 0.1) is 11.3 Å². The molecule has 0 aliphatic carbocycles. The van der Waals surface area contributed by atoms with Crippen molar-refractivity contribution in [2.45, 2.75) is 45.9 Å². The van der Waals surface area contributed by atoms with Gasteiger partial charge < -0.3 is 10.1 Å². The van der Waals surface area contributed by atoms with Gasteiger partial charge in [0.15, 0.2) is 0 Å². The third-order valence-corrected chi connectivity index (χ3v) is 2.75. The third kappa shape index (κ3) is 4.33. The molecule has 4 nitrogen and oxygen atoms in total. The minimum Gasteiger partial charge on any atom is -0.379 e. The van der Waals surface area contributed by atoms with Crippen LogP contribution in [-0.2, 0) is 17.8 Å². The van der Waals surface area contributed by atoms with Gasteiger partial charge >= 0.3 is 0 Å². The lowest BCUT2D eigenvalue weighted by Gasteiger charge is -2.22. The maximum atomic E-state index is 5.38. The molecule has 1 aromatic rings. The van der Waals surface area contributed by atoms with Crippen molar-refractivity contribution in [3.05, 3.63) is 18.0 Å². The lowest BCUT2D eigenvalue weighted by Crippen LogP contribution is -2.24. The average molecular weight is 225 g/mol. The van der Waals surface area contributed by atoms with E-state index in [0.717, 1.165) is 31.7 Å². The molecule has 0 saturated carbocycles. The minimum absolute atomic E-state index is 0.0756. The molecular weight excluding hydrogens is 202 g/mol. The molecule has 0 amide bonds. The largest absolute Gasteiger partial charge is 0.379 e. The van der Waals surface area contributed by atoms with Gasteiger partial charge in [-0.25, -0.2) is 0 Å². The molecule has 1 heterocycles. The Morgan fingerprint density at radius 3 is 2.88 bits per heavy atom. The SMILES string of the molecule is CCNCc1ccn(CCC(C)(C)OC)n1. The molecule has 0 bridgehead atoms. The zero-order chi connectivity index (χ0) is 12.0. The summed E-state index contributed by atoms with van der Waals surface area (Å²) in [6, 6.07) is 2.06. The highest BCUT2D eigenvalue weighted by Crippen LogP contribution is 2.13. The predicted molar refractivity (Wildman–Crippen MR) is 65.3 cm³/mol. The number of ether oxygens (including phenoxy) is 1. The summed E-state index contributed by atoms with van der Waals surface area (Å²) in [4.78, 5) is 0. The molecule has 92 valence electrons. The van der Waals surface area contributed by atoms with Crippen LogP contribution in [-0.4, -0.2) is 29.0 Å². The van der Waals surface area contributed by atoms with Gasteiger partial charge in [0.25, 0.3) is 0 Å². The molecule has 1 aromatic heterocycles. The summed E-state index contributed by atoms with van der Waals surface area (Å²) in [5, 5.41) is 7.74. The van der Waals surface area contributed by atoms with E-state index < -0.39 is 0 Å². The van der Waals surface area contributed by atoms with Gasteiger partial charge in [-0.1, -0.05) is 6.92 Å². The fourth-order valence-corrected chi connectivity index (χ4v) is 1.36. The second kappa shape index (κ2) is 6.01. The maximum absolute atomic E-state index is 5.38. The molecule has 0 aliphatic heterocycles. The van der Waals surface area contributed by atoms with E-state index in [-0.39, 0.29) is 5.60 Å². The number of aromatic nitrogens is 2. The van der Waals surface area contributed by atoms with Gasteiger partial charge in [-0.3, -0.25) is 4.68 Å². The molecule has 0 spiro atoms. The van der Waals surface area contributed by atoms with Crippen molar-refractivity contribution < 1.29 is 4.74 Å². The van der Waals surface area contributed by atoms with Crippen molar-refractivity contribution >= 4 is 0 Å². The van der Waals surface area contributed by atoms with Gasteiger partial charge in [-0.15, -0.1) is 0 Å². The zero-order valence-corrected chi connectivity index (χ0v) is 10.8. The Balaban J connectivity index is 2.40. The van der Waals surface area contributed by atoms with Crippen molar-refractivity contribution in [3.8, 4) is 0 Å². The summed E-state index contributed by atoms with van der Waals surface area (Å²) in [7, 11) is 1.75. The van der Waals surface area contributed by atoms with Crippen LogP contribution in [0.5, 0.6) is 0 Å². The Labute approximate surface area is 98.0 Å². The molecule has 0 radical (unpaired) electrons. The van der Waals surface area contributed by atoms with Crippen LogP contribution in [0.15, 0.2) is 12.3 Å². The van der Waals surface area contributed by atoms with E-state index in [4.69, 9.17) is 4.74 Å². The van der Waals surface area contributed by atoms with Gasteiger partial charge in [-0.05, 0) is 32.9 Å². The van der Waals surface area contributed by atoms with Crippen LogP contribution in [0, 0.1) is 0 Å². The van der Waals surface area contributed by atoms with Gasteiger partial charge in [0.1, 0.15) is 0 Å². The van der Waals surface area contributed by atoms with Gasteiger partial charge in [0.2, 0.25) is 0 Å². The lowest BCUT2D eigenvalue weighted by atomic mass is 10.1. The molecule has 1 rings (SSSR count). The number of rotatable bonds is 7. The number of hydrogen-bond acceptors (Lipinski definition) is 3. The Hall–Kier alpha value is -0.870. The first-order chi connectivity index (χ1) is 7.57. The molecule has 4 heteroatoms. The second-order valence-corrected chi connectivity index (χ2v) is 4.56. The summed E-state index contributed by atoms with van der Waals surface area (Å²) in [5.74, 6) is 0. The molecule has 0 aliphatic rings. The smallest absolute Gasteiger partial charge is 0.0762 e. The van der Waals surface area contributed by atoms with E-state index in [2.05, 4.69) is 37.3 Å². The summed E-state index contributed by atoms with van der Waals surface area (Å²) >= 11 is 0. The highest BCUT2D eigenvalue weighted by molar-refractivity contribution is 4.98. The molecule has 16 heavy (non-hydrogen) atoms. The molecular formula is C12H23N3O. The Bertz CT molecular complexity index is 307. The third-order valence-electron chi connectivity index (χ3n) is 2.75. The Morgan fingerprint density at radius 2 is 2.25 bits per heavy atom. The van der Waals surface area contributed by atoms with E-state index in [1.807, 2.05) is 10.9 Å². The van der Waals surface area contributed by atoms with Crippen LogP contribution in [0.3, 0.4) is 0 Å². The number of nitrogens with zero attached hydrogens (tertiary/aromatic N) is 2. The molecule has 0 fully saturated rings. The summed E-state index contributed by atoms with van der Waals surface area (Å²) < 4.78 is 7.36. The summed E-state index contributed by atoms with van der Waals surface area (Å²) in [6.07, 6.45) is 2.99. The Morgan fingerprint density at radius 1 is 1.50 bits per heavy atom. The molecule has 0 unspecified atom stereocenters. The highest BCUT2D eigenvalue weighted by atomic mass is 16.5. The molecule has 1 N–H and O–H groups in total. The highest BCUT2D eigenvalue weighted by Gasteiger charge is 2.15. The molecule has 0 aromatic carbocycles. The minimum atomic E-state index is -0.0756. The van der Waals surface area contributed by atoms with E-state index >= 15 is 0 Å². The van der Waals surface area contributed by atoms with Gasteiger partial charge in [0, 0.05) is 26.4 Å². The normalized spacial score (nSPS) is 12.0. The number of aryl methyl sites for hydroxylation is 1. The van der Waals surface area contributed by atoms with Crippen LogP contribution < -0.4 is 5.32 Å². The number of hydrogen-bond donors (Lipinski definition) is 1. The predicted octanol–water partition coefficient (Wildman–Crippen LogP) is 1.81. The van der Waals surface area contributed by atoms with Crippen molar-refractivity contribution in [3.63, 3.8) is 0 Å². The fraction of sp³-hybridized carbons (Fsp3) is 0.750. The average Bonchev–Trinajstić information content (AvgIpc) is 2.72. The first kappa shape index (κ1) is 13.2. The standard InChI is InChI=1S/C12H23N3O/c1-5-13-10-11-6-8-15(14-11)9-7-12(2,3)16-4/h6,8,13H,5,7,9-10H2,1-4H3. The van der Waals surface area contributed by atoms with E-state index in [0.29, 0.717) is 0 Å². The molecule has 0 saturated heterocycles. The second-order valence-electron chi connectivity index (χ2n) is 4.56. The first-order valence-electron chi connectivity index (χ1n) is 5.85. The van der Waals surface area contributed by atoms with Crippen molar-refractivity contribution in [1.82, 2.24) is 15.1 Å². The summed E-state index contributed by atoms with van der Waals surface area (Å²) in [5.41, 5.74) is 1.02. The van der Waals surface area contributed by atoms with Crippen LogP contribution in [0.25, 0.3) is 0 Å². The van der Waals surface area contributed by atoms with E-state index in [9.17, 15) is 0 Å². The van der Waals surface area contributed by atoms with Crippen LogP contribution in [0.1, 0.15) is 32.9 Å². The monoisotopic (exact) mass is 225 g/mol. The van der Waals surface area contributed by atoms with Crippen molar-refractivity contribution in [2.24, 2.45) is 0 Å². The fourth-order valence-electron chi connectivity index (χ4n) is 1.36.